The van der Waals surface area contributed by atoms with Gasteiger partial charge in [0.25, 0.3) is 0 Å². The summed E-state index contributed by atoms with van der Waals surface area (Å²) in [5.41, 5.74) is 5.99. The van der Waals surface area contributed by atoms with Crippen LogP contribution in [0.25, 0.3) is 0 Å². The molecule has 3 nitrogen and oxygen atoms in total. The van der Waals surface area contributed by atoms with Crippen molar-refractivity contribution in [2.24, 2.45) is 11.7 Å². The van der Waals surface area contributed by atoms with Crippen molar-refractivity contribution in [3.05, 3.63) is 0 Å². The average molecular weight is 242 g/mol. The van der Waals surface area contributed by atoms with E-state index in [-0.39, 0.29) is 0 Å². The van der Waals surface area contributed by atoms with Crippen molar-refractivity contribution in [2.45, 2.75) is 51.0 Å². The van der Waals surface area contributed by atoms with Gasteiger partial charge in [0, 0.05) is 32.8 Å². The topological polar surface area (TPSA) is 38.5 Å². The fourth-order valence-corrected chi connectivity index (χ4v) is 3.05. The van der Waals surface area contributed by atoms with Crippen LogP contribution >= 0.6 is 0 Å². The van der Waals surface area contributed by atoms with E-state index in [9.17, 15) is 0 Å². The molecule has 1 rings (SSSR count). The molecular weight excluding hydrogens is 212 g/mol. The van der Waals surface area contributed by atoms with Gasteiger partial charge in [0.05, 0.1) is 0 Å². The van der Waals surface area contributed by atoms with E-state index >= 15 is 0 Å². The molecule has 0 radical (unpaired) electrons. The van der Waals surface area contributed by atoms with Crippen LogP contribution in [0.5, 0.6) is 0 Å². The molecule has 3 heteroatoms. The quantitative estimate of drug-likeness (QED) is 0.550. The minimum absolute atomic E-state index is 0.574. The highest BCUT2D eigenvalue weighted by Gasteiger charge is 2.24. The van der Waals surface area contributed by atoms with Crippen molar-refractivity contribution in [3.63, 3.8) is 0 Å². The van der Waals surface area contributed by atoms with Gasteiger partial charge in [-0.15, -0.1) is 0 Å². The lowest BCUT2D eigenvalue weighted by Gasteiger charge is -2.33. The normalized spacial score (nSPS) is 20.5. The number of likely N-dealkylation sites (N-methyl/N-ethyl adjacent to an activating group) is 1. The van der Waals surface area contributed by atoms with Gasteiger partial charge in [0.1, 0.15) is 0 Å². The number of rotatable bonds is 7. The predicted octanol–water partition coefficient (Wildman–Crippen LogP) is 2.25. The van der Waals surface area contributed by atoms with Crippen LogP contribution in [0.2, 0.25) is 0 Å². The van der Waals surface area contributed by atoms with Crippen LogP contribution in [0, 0.1) is 5.92 Å². The second-order valence-electron chi connectivity index (χ2n) is 5.38. The Balaban J connectivity index is 2.38. The number of hydrogen-bond donors (Lipinski definition) is 1. The molecule has 0 aromatic heterocycles. The molecule has 1 fully saturated rings. The largest absolute Gasteiger partial charge is 0.385 e. The van der Waals surface area contributed by atoms with Crippen LogP contribution in [0.4, 0.5) is 0 Å². The highest BCUT2D eigenvalue weighted by Crippen LogP contribution is 2.27. The maximum atomic E-state index is 5.99. The van der Waals surface area contributed by atoms with Crippen molar-refractivity contribution in [1.82, 2.24) is 4.90 Å². The molecule has 0 bridgehead atoms. The minimum atomic E-state index is 0.574. The third kappa shape index (κ3) is 5.36. The van der Waals surface area contributed by atoms with E-state index in [0.29, 0.717) is 6.04 Å². The van der Waals surface area contributed by atoms with Crippen molar-refractivity contribution >= 4 is 0 Å². The number of nitrogens with zero attached hydrogens (tertiary/aromatic N) is 1. The van der Waals surface area contributed by atoms with E-state index < -0.39 is 0 Å². The van der Waals surface area contributed by atoms with Gasteiger partial charge in [0.15, 0.2) is 0 Å². The van der Waals surface area contributed by atoms with Gasteiger partial charge in [-0.2, -0.15) is 0 Å². The Morgan fingerprint density at radius 3 is 2.41 bits per heavy atom. The highest BCUT2D eigenvalue weighted by molar-refractivity contribution is 4.80. The monoisotopic (exact) mass is 242 g/mol. The molecule has 1 aliphatic carbocycles. The number of methoxy groups -OCH3 is 1. The first-order chi connectivity index (χ1) is 8.29. The SMILES string of the molecule is COCCCN(C)C(CN)C1CCCCCC1. The zero-order valence-corrected chi connectivity index (χ0v) is 11.7. The number of hydrogen-bond acceptors (Lipinski definition) is 3. The van der Waals surface area contributed by atoms with Gasteiger partial charge in [-0.25, -0.2) is 0 Å². The number of ether oxygens (including phenoxy) is 1. The van der Waals surface area contributed by atoms with Gasteiger partial charge in [-0.1, -0.05) is 25.7 Å². The molecule has 2 N–H and O–H groups in total. The van der Waals surface area contributed by atoms with Gasteiger partial charge >= 0.3 is 0 Å². The first kappa shape index (κ1) is 14.9. The number of nitrogens with two attached hydrogens (primary N) is 1. The molecule has 1 aliphatic rings. The molecule has 0 spiro atoms. The summed E-state index contributed by atoms with van der Waals surface area (Å²) in [5, 5.41) is 0. The molecule has 0 saturated heterocycles. The summed E-state index contributed by atoms with van der Waals surface area (Å²) in [4.78, 5) is 2.45. The Kier molecular flexibility index (Phi) is 7.82. The van der Waals surface area contributed by atoms with E-state index in [4.69, 9.17) is 10.5 Å². The first-order valence-electron chi connectivity index (χ1n) is 7.18. The van der Waals surface area contributed by atoms with Crippen molar-refractivity contribution < 1.29 is 4.74 Å². The zero-order valence-electron chi connectivity index (χ0n) is 11.7. The smallest absolute Gasteiger partial charge is 0.0474 e. The maximum Gasteiger partial charge on any atom is 0.0474 e. The molecular formula is C14H30N2O. The molecule has 0 amide bonds. The van der Waals surface area contributed by atoms with Crippen LogP contribution < -0.4 is 5.73 Å². The zero-order chi connectivity index (χ0) is 12.5. The van der Waals surface area contributed by atoms with Crippen LogP contribution in [0.3, 0.4) is 0 Å². The Hall–Kier alpha value is -0.120. The van der Waals surface area contributed by atoms with Gasteiger partial charge in [-0.05, 0) is 32.2 Å². The van der Waals surface area contributed by atoms with Crippen LogP contribution in [0.15, 0.2) is 0 Å². The summed E-state index contributed by atoms with van der Waals surface area (Å²) in [6.07, 6.45) is 9.48. The summed E-state index contributed by atoms with van der Waals surface area (Å²) >= 11 is 0. The van der Waals surface area contributed by atoms with E-state index in [1.807, 2.05) is 0 Å². The lowest BCUT2D eigenvalue weighted by atomic mass is 9.91. The lowest BCUT2D eigenvalue weighted by Crippen LogP contribution is -2.44. The van der Waals surface area contributed by atoms with Gasteiger partial charge in [-0.3, -0.25) is 0 Å². The summed E-state index contributed by atoms with van der Waals surface area (Å²) in [6, 6.07) is 0.574. The summed E-state index contributed by atoms with van der Waals surface area (Å²) in [7, 11) is 3.99. The lowest BCUT2D eigenvalue weighted by molar-refractivity contribution is 0.137. The summed E-state index contributed by atoms with van der Waals surface area (Å²) in [5.74, 6) is 0.815. The van der Waals surface area contributed by atoms with Crippen LogP contribution in [-0.4, -0.2) is 44.8 Å². The molecule has 1 atom stereocenters. The average Bonchev–Trinajstić information content (AvgIpc) is 2.59. The molecule has 0 aliphatic heterocycles. The molecule has 0 aromatic carbocycles. The summed E-state index contributed by atoms with van der Waals surface area (Å²) in [6.45, 7) is 2.76. The van der Waals surface area contributed by atoms with E-state index in [0.717, 1.165) is 32.0 Å². The Morgan fingerprint density at radius 1 is 1.24 bits per heavy atom. The van der Waals surface area contributed by atoms with Crippen LogP contribution in [0.1, 0.15) is 44.9 Å². The second kappa shape index (κ2) is 8.90. The Labute approximate surface area is 107 Å². The Bertz CT molecular complexity index is 179. The fraction of sp³-hybridized carbons (Fsp3) is 1.00. The Morgan fingerprint density at radius 2 is 1.88 bits per heavy atom. The minimum Gasteiger partial charge on any atom is -0.385 e. The van der Waals surface area contributed by atoms with Crippen molar-refractivity contribution in [1.29, 1.82) is 0 Å². The molecule has 0 aromatic rings. The maximum absolute atomic E-state index is 5.99. The standard InChI is InChI=1S/C14H30N2O/c1-16(10-7-11-17-2)14(12-15)13-8-5-3-4-6-9-13/h13-14H,3-12,15H2,1-2H3. The molecule has 1 saturated carbocycles. The van der Waals surface area contributed by atoms with Gasteiger partial charge < -0.3 is 15.4 Å². The van der Waals surface area contributed by atoms with Crippen molar-refractivity contribution in [2.75, 3.05) is 33.9 Å². The molecule has 17 heavy (non-hydrogen) atoms. The van der Waals surface area contributed by atoms with Gasteiger partial charge in [0.2, 0.25) is 0 Å². The van der Waals surface area contributed by atoms with E-state index in [1.165, 1.54) is 38.5 Å². The summed E-state index contributed by atoms with van der Waals surface area (Å²) < 4.78 is 5.11. The second-order valence-corrected chi connectivity index (χ2v) is 5.38. The molecule has 0 heterocycles. The third-order valence-corrected chi connectivity index (χ3v) is 4.11. The third-order valence-electron chi connectivity index (χ3n) is 4.11. The molecule has 102 valence electrons. The predicted molar refractivity (Wildman–Crippen MR) is 73.2 cm³/mol. The van der Waals surface area contributed by atoms with E-state index in [2.05, 4.69) is 11.9 Å². The fourth-order valence-electron chi connectivity index (χ4n) is 3.05. The van der Waals surface area contributed by atoms with Crippen molar-refractivity contribution in [3.8, 4) is 0 Å². The van der Waals surface area contributed by atoms with E-state index in [1.54, 1.807) is 7.11 Å². The van der Waals surface area contributed by atoms with Crippen LogP contribution in [-0.2, 0) is 4.74 Å². The first-order valence-corrected chi connectivity index (χ1v) is 7.18. The molecule has 1 unspecified atom stereocenters. The highest BCUT2D eigenvalue weighted by atomic mass is 16.5.